The molecular weight excluding hydrogens is 398 g/mol. The van der Waals surface area contributed by atoms with Gasteiger partial charge in [0.1, 0.15) is 11.6 Å². The van der Waals surface area contributed by atoms with Crippen LogP contribution in [0.25, 0.3) is 0 Å². The van der Waals surface area contributed by atoms with Gasteiger partial charge in [-0.05, 0) is 42.8 Å². The molecule has 0 radical (unpaired) electrons. The lowest BCUT2D eigenvalue weighted by Crippen LogP contribution is -2.42. The van der Waals surface area contributed by atoms with Crippen molar-refractivity contribution < 1.29 is 18.3 Å². The lowest BCUT2D eigenvalue weighted by molar-refractivity contribution is -0.125. The van der Waals surface area contributed by atoms with Crippen LogP contribution in [0.5, 0.6) is 5.75 Å². The van der Waals surface area contributed by atoms with Crippen LogP contribution in [0.15, 0.2) is 66.9 Å². The molecule has 0 spiro atoms. The van der Waals surface area contributed by atoms with Crippen LogP contribution in [-0.4, -0.2) is 17.0 Å². The van der Waals surface area contributed by atoms with E-state index in [1.54, 1.807) is 37.3 Å². The molecule has 0 aliphatic carbocycles. The maximum atomic E-state index is 14.3. The standard InChI is InChI=1S/C22H19ClF2N2O2/c1-2-19(29-20-11-4-3-9-18(20)25)22(28)27(21-12-5-6-13-26-21)14-15-16(23)8-7-10-17(15)24/h3-13,19H,2,14H2,1H3/t19-/m0/s1. The van der Waals surface area contributed by atoms with Gasteiger partial charge in [0.05, 0.1) is 6.54 Å². The van der Waals surface area contributed by atoms with Crippen molar-refractivity contribution in [1.82, 2.24) is 4.98 Å². The molecule has 2 aromatic carbocycles. The summed E-state index contributed by atoms with van der Waals surface area (Å²) in [7, 11) is 0. The minimum atomic E-state index is -0.987. The van der Waals surface area contributed by atoms with Crippen LogP contribution in [0.4, 0.5) is 14.6 Å². The molecule has 0 bridgehead atoms. The Morgan fingerprint density at radius 3 is 2.45 bits per heavy atom. The first-order valence-electron chi connectivity index (χ1n) is 9.07. The molecule has 0 N–H and O–H groups in total. The molecule has 1 amide bonds. The predicted molar refractivity (Wildman–Crippen MR) is 108 cm³/mol. The van der Waals surface area contributed by atoms with Crippen LogP contribution in [0, 0.1) is 11.6 Å². The second-order valence-electron chi connectivity index (χ2n) is 6.26. The summed E-state index contributed by atoms with van der Waals surface area (Å²) >= 11 is 6.15. The Morgan fingerprint density at radius 1 is 1.07 bits per heavy atom. The second-order valence-corrected chi connectivity index (χ2v) is 6.66. The van der Waals surface area contributed by atoms with Crippen LogP contribution in [0.1, 0.15) is 18.9 Å². The number of nitrogens with zero attached hydrogens (tertiary/aromatic N) is 2. The number of aromatic nitrogens is 1. The van der Waals surface area contributed by atoms with Crippen LogP contribution >= 0.6 is 11.6 Å². The molecule has 0 aliphatic heterocycles. The zero-order chi connectivity index (χ0) is 20.8. The average molecular weight is 417 g/mol. The van der Waals surface area contributed by atoms with E-state index in [0.717, 1.165) is 0 Å². The Balaban J connectivity index is 1.94. The highest BCUT2D eigenvalue weighted by molar-refractivity contribution is 6.31. The summed E-state index contributed by atoms with van der Waals surface area (Å²) in [4.78, 5) is 18.8. The van der Waals surface area contributed by atoms with Gasteiger partial charge in [-0.1, -0.05) is 42.8 Å². The fourth-order valence-corrected chi connectivity index (χ4v) is 3.03. The Kier molecular flexibility index (Phi) is 6.77. The van der Waals surface area contributed by atoms with Crippen LogP contribution in [0.3, 0.4) is 0 Å². The number of benzene rings is 2. The molecule has 0 saturated carbocycles. The first-order chi connectivity index (χ1) is 14.0. The number of amides is 1. The Bertz CT molecular complexity index is 965. The van der Waals surface area contributed by atoms with Gasteiger partial charge >= 0.3 is 0 Å². The number of carbonyl (C=O) groups is 1. The van der Waals surface area contributed by atoms with Gasteiger partial charge in [-0.2, -0.15) is 0 Å². The maximum absolute atomic E-state index is 14.3. The van der Waals surface area contributed by atoms with Gasteiger partial charge < -0.3 is 4.74 Å². The zero-order valence-corrected chi connectivity index (χ0v) is 16.4. The molecule has 29 heavy (non-hydrogen) atoms. The Morgan fingerprint density at radius 2 is 1.79 bits per heavy atom. The third kappa shape index (κ3) is 4.90. The van der Waals surface area contributed by atoms with Crippen molar-refractivity contribution in [2.45, 2.75) is 26.0 Å². The van der Waals surface area contributed by atoms with E-state index in [0.29, 0.717) is 5.82 Å². The molecule has 0 unspecified atom stereocenters. The highest BCUT2D eigenvalue weighted by atomic mass is 35.5. The van der Waals surface area contributed by atoms with E-state index >= 15 is 0 Å². The van der Waals surface area contributed by atoms with Crippen molar-refractivity contribution >= 4 is 23.3 Å². The molecule has 1 aromatic heterocycles. The maximum Gasteiger partial charge on any atom is 0.269 e. The lowest BCUT2D eigenvalue weighted by Gasteiger charge is -2.27. The Labute approximate surface area is 172 Å². The average Bonchev–Trinajstić information content (AvgIpc) is 2.73. The SMILES string of the molecule is CC[C@H](Oc1ccccc1F)C(=O)N(Cc1c(F)cccc1Cl)c1ccccn1. The van der Waals surface area contributed by atoms with Gasteiger partial charge in [0.25, 0.3) is 5.91 Å². The van der Waals surface area contributed by atoms with Crippen molar-refractivity contribution in [2.75, 3.05) is 4.90 Å². The van der Waals surface area contributed by atoms with Crippen molar-refractivity contribution in [2.24, 2.45) is 0 Å². The molecule has 0 saturated heterocycles. The quantitative estimate of drug-likeness (QED) is 0.517. The fraction of sp³-hybridized carbons (Fsp3) is 0.182. The molecule has 4 nitrogen and oxygen atoms in total. The number of carbonyl (C=O) groups excluding carboxylic acids is 1. The number of anilines is 1. The molecular formula is C22H19ClF2N2O2. The first-order valence-corrected chi connectivity index (χ1v) is 9.45. The third-order valence-electron chi connectivity index (χ3n) is 4.32. The van der Waals surface area contributed by atoms with Gasteiger partial charge in [-0.15, -0.1) is 0 Å². The highest BCUT2D eigenvalue weighted by Gasteiger charge is 2.28. The van der Waals surface area contributed by atoms with Crippen LogP contribution in [0.2, 0.25) is 5.02 Å². The normalized spacial score (nSPS) is 11.7. The van der Waals surface area contributed by atoms with E-state index < -0.39 is 23.6 Å². The summed E-state index contributed by atoms with van der Waals surface area (Å²) in [5.74, 6) is -1.30. The minimum Gasteiger partial charge on any atom is -0.478 e. The fourth-order valence-electron chi connectivity index (χ4n) is 2.80. The number of halogens is 3. The van der Waals surface area contributed by atoms with Gasteiger partial charge in [0, 0.05) is 16.8 Å². The molecule has 7 heteroatoms. The highest BCUT2D eigenvalue weighted by Crippen LogP contribution is 2.25. The lowest BCUT2D eigenvalue weighted by atomic mass is 10.1. The van der Waals surface area contributed by atoms with Gasteiger partial charge in [0.2, 0.25) is 0 Å². The molecule has 1 atom stereocenters. The van der Waals surface area contributed by atoms with E-state index in [1.807, 2.05) is 0 Å². The summed E-state index contributed by atoms with van der Waals surface area (Å²) in [5, 5.41) is 0.196. The molecule has 150 valence electrons. The second kappa shape index (κ2) is 9.47. The van der Waals surface area contributed by atoms with Gasteiger partial charge in [-0.3, -0.25) is 9.69 Å². The van der Waals surface area contributed by atoms with Crippen molar-refractivity contribution in [1.29, 1.82) is 0 Å². The summed E-state index contributed by atoms with van der Waals surface area (Å²) in [6.45, 7) is 1.61. The number of rotatable bonds is 7. The minimum absolute atomic E-state index is 0.0300. The third-order valence-corrected chi connectivity index (χ3v) is 4.68. The smallest absolute Gasteiger partial charge is 0.269 e. The number of para-hydroxylation sites is 1. The van der Waals surface area contributed by atoms with E-state index in [-0.39, 0.29) is 29.3 Å². The van der Waals surface area contributed by atoms with Gasteiger partial charge in [0.15, 0.2) is 17.7 Å². The summed E-state index contributed by atoms with van der Waals surface area (Å²) in [6, 6.07) is 15.2. The van der Waals surface area contributed by atoms with E-state index in [4.69, 9.17) is 16.3 Å². The monoisotopic (exact) mass is 416 g/mol. The van der Waals surface area contributed by atoms with Gasteiger partial charge in [-0.25, -0.2) is 13.8 Å². The summed E-state index contributed by atoms with van der Waals surface area (Å²) < 4.78 is 34.0. The van der Waals surface area contributed by atoms with E-state index in [2.05, 4.69) is 4.98 Å². The van der Waals surface area contributed by atoms with Crippen molar-refractivity contribution in [3.63, 3.8) is 0 Å². The molecule has 1 heterocycles. The summed E-state index contributed by atoms with van der Waals surface area (Å²) in [5.41, 5.74) is 0.161. The van der Waals surface area contributed by atoms with E-state index in [1.165, 1.54) is 41.4 Å². The molecule has 3 rings (SSSR count). The summed E-state index contributed by atoms with van der Waals surface area (Å²) in [6.07, 6.45) is 0.818. The topological polar surface area (TPSA) is 42.4 Å². The zero-order valence-electron chi connectivity index (χ0n) is 15.7. The van der Waals surface area contributed by atoms with Crippen molar-refractivity contribution in [3.8, 4) is 5.75 Å². The van der Waals surface area contributed by atoms with Crippen LogP contribution in [-0.2, 0) is 11.3 Å². The Hall–Kier alpha value is -2.99. The molecule has 3 aromatic rings. The largest absolute Gasteiger partial charge is 0.478 e. The molecule has 0 aliphatic rings. The molecule has 0 fully saturated rings. The van der Waals surface area contributed by atoms with Crippen LogP contribution < -0.4 is 9.64 Å². The first kappa shape index (κ1) is 20.7. The number of hydrogen-bond donors (Lipinski definition) is 0. The predicted octanol–water partition coefficient (Wildman–Crippen LogP) is 5.40. The number of pyridine rings is 1. The number of ether oxygens (including phenoxy) is 1. The number of hydrogen-bond acceptors (Lipinski definition) is 3. The van der Waals surface area contributed by atoms with E-state index in [9.17, 15) is 13.6 Å². The van der Waals surface area contributed by atoms with Crippen molar-refractivity contribution in [3.05, 3.63) is 89.1 Å².